The monoisotopic (exact) mass is 1120 g/mol. The van der Waals surface area contributed by atoms with E-state index in [4.69, 9.17) is 21.7 Å². The van der Waals surface area contributed by atoms with Crippen LogP contribution in [0.3, 0.4) is 0 Å². The molecule has 0 spiro atoms. The average molecular weight is 1110 g/mol. The molecule has 13 N–H and O–H groups in total. The molecule has 2 aromatic carbocycles. The molecule has 0 fully saturated rings. The first kappa shape index (κ1) is 66.2. The summed E-state index contributed by atoms with van der Waals surface area (Å²) in [6, 6.07) is -2.77. The number of halogens is 6. The molecule has 0 aliphatic carbocycles. The zero-order chi connectivity index (χ0) is 55.8. The van der Waals surface area contributed by atoms with Crippen LogP contribution in [0, 0.1) is 34.9 Å². The normalized spacial score (nSPS) is 12.0. The van der Waals surface area contributed by atoms with E-state index in [1.54, 1.807) is 6.92 Å². The number of carboxylic acid groups (broad SMARTS) is 2. The van der Waals surface area contributed by atoms with E-state index >= 15 is 0 Å². The number of carbonyl (C=O) groups is 10. The summed E-state index contributed by atoms with van der Waals surface area (Å²) in [6.07, 6.45) is -0.627. The minimum absolute atomic E-state index is 0.0159. The van der Waals surface area contributed by atoms with Gasteiger partial charge in [-0.15, -0.1) is 0 Å². The van der Waals surface area contributed by atoms with Crippen molar-refractivity contribution in [1.29, 1.82) is 0 Å². The Morgan fingerprint density at radius 2 is 1.05 bits per heavy atom. The average Bonchev–Trinajstić information content (AvgIpc) is 3.34. The molecule has 4 atom stereocenters. The van der Waals surface area contributed by atoms with Gasteiger partial charge in [0.25, 0.3) is 0 Å². The summed E-state index contributed by atoms with van der Waals surface area (Å²) in [5, 5.41) is 33.7. The molecule has 2 rings (SSSR count). The number of nitrogens with two attached hydrogens (primary N) is 2. The molecule has 408 valence electrons. The third kappa shape index (κ3) is 26.5. The first-order chi connectivity index (χ1) is 34.4. The fourth-order valence-electron chi connectivity index (χ4n) is 5.66. The Hall–Kier alpha value is -6.80. The molecule has 21 nitrogen and oxygen atoms in total. The number of carboxylic acids is 2. The van der Waals surface area contributed by atoms with Gasteiger partial charge < -0.3 is 58.9 Å². The Balaban J connectivity index is 0.00000527. The summed E-state index contributed by atoms with van der Waals surface area (Å²) < 4.78 is 86.6. The van der Waals surface area contributed by atoms with Crippen molar-refractivity contribution in [2.75, 3.05) is 26.2 Å². The molecule has 0 aliphatic heterocycles. The molecule has 8 amide bonds. The molecule has 0 aromatic heterocycles. The molecule has 2 aromatic rings. The predicted molar refractivity (Wildman–Crippen MR) is 251 cm³/mol. The van der Waals surface area contributed by atoms with E-state index < -0.39 is 169 Å². The van der Waals surface area contributed by atoms with Crippen LogP contribution in [-0.2, 0) is 60.8 Å². The van der Waals surface area contributed by atoms with Crippen LogP contribution in [-0.4, -0.2) is 135 Å². The van der Waals surface area contributed by atoms with Crippen LogP contribution in [0.15, 0.2) is 24.3 Å². The molecule has 1 unspecified atom stereocenters. The van der Waals surface area contributed by atoms with E-state index in [0.717, 1.165) is 33.6 Å². The number of hydrogen-bond donors (Lipinski definition) is 11. The Kier molecular flexibility index (Phi) is 32.8. The summed E-state index contributed by atoms with van der Waals surface area (Å²) in [7, 11) is 0. The topological polar surface area (TPSA) is 347 Å². The maximum absolute atomic E-state index is 14.8. The third-order valence-electron chi connectivity index (χ3n) is 9.63. The number of carbonyl (C=O) groups excluding carboxylic acids is 8. The Labute approximate surface area is 423 Å². The minimum atomic E-state index is -2.57. The van der Waals surface area contributed by atoms with Gasteiger partial charge in [-0.3, -0.25) is 47.9 Å². The summed E-state index contributed by atoms with van der Waals surface area (Å²) in [5.74, 6) is -23.1. The molecule has 0 bridgehead atoms. The van der Waals surface area contributed by atoms with Crippen LogP contribution < -0.4 is 48.7 Å². The fourth-order valence-corrected chi connectivity index (χ4v) is 5.66. The van der Waals surface area contributed by atoms with E-state index in [-0.39, 0.29) is 18.4 Å². The molecule has 0 radical (unpaired) electrons. The third-order valence-corrected chi connectivity index (χ3v) is 10.8. The molecular weight excluding hydrogens is 1050 g/mol. The van der Waals surface area contributed by atoms with Crippen LogP contribution >= 0.6 is 0 Å². The van der Waals surface area contributed by atoms with Gasteiger partial charge in [-0.05, 0) is 37.4 Å². The van der Waals surface area contributed by atoms with E-state index in [2.05, 4.69) is 30.3 Å². The Morgan fingerprint density at radius 3 is 1.53 bits per heavy atom. The van der Waals surface area contributed by atoms with Gasteiger partial charge >= 0.3 is 45.0 Å². The quantitative estimate of drug-likeness (QED) is 0.0230. The first-order valence-electron chi connectivity index (χ1n) is 22.5. The SMILES string of the molecule is CCCCC(=O)N[C@@H](CCC(=O)O)C(=O)NCC(=O)NCC(=O)N[C@@H](Cc1c(F)c(F)c(F)c(F)c1F)C(=O)NC(Cc1ccccc1F)C(=O)NCC(=O)N[C@@H](CC(=O)O)C(N)=O.CCCCN.CC[Se]C. The summed E-state index contributed by atoms with van der Waals surface area (Å²) in [4.78, 5) is 124. The van der Waals surface area contributed by atoms with Crippen LogP contribution in [0.25, 0.3) is 0 Å². The number of hydrogen-bond acceptors (Lipinski definition) is 11. The first-order valence-corrected chi connectivity index (χ1v) is 25.5. The van der Waals surface area contributed by atoms with Gasteiger partial charge in [0.05, 0.1) is 26.1 Å². The van der Waals surface area contributed by atoms with E-state index in [0.29, 0.717) is 12.8 Å². The van der Waals surface area contributed by atoms with Gasteiger partial charge in [0.2, 0.25) is 53.1 Å². The van der Waals surface area contributed by atoms with Crippen molar-refractivity contribution in [2.24, 2.45) is 11.5 Å². The number of benzene rings is 2. The second-order valence-corrected chi connectivity index (χ2v) is 17.9. The van der Waals surface area contributed by atoms with Crippen molar-refractivity contribution in [3.63, 3.8) is 0 Å². The van der Waals surface area contributed by atoms with Crippen LogP contribution in [0.1, 0.15) is 83.3 Å². The van der Waals surface area contributed by atoms with Gasteiger partial charge in [-0.1, -0.05) is 44.9 Å². The molecule has 0 saturated heterocycles. The molecule has 73 heavy (non-hydrogen) atoms. The molecule has 28 heteroatoms. The second-order valence-electron chi connectivity index (χ2n) is 15.4. The van der Waals surface area contributed by atoms with Crippen LogP contribution in [0.2, 0.25) is 11.1 Å². The number of amides is 8. The van der Waals surface area contributed by atoms with Crippen LogP contribution in [0.5, 0.6) is 0 Å². The van der Waals surface area contributed by atoms with Crippen molar-refractivity contribution >= 4 is 74.2 Å². The number of rotatable bonds is 29. The van der Waals surface area contributed by atoms with Crippen molar-refractivity contribution in [3.05, 3.63) is 70.3 Å². The molecular formula is C45H63F6N9O12Se. The fraction of sp³-hybridized carbons (Fsp3) is 0.511. The van der Waals surface area contributed by atoms with Crippen molar-refractivity contribution in [2.45, 2.75) is 120 Å². The van der Waals surface area contributed by atoms with Gasteiger partial charge in [0, 0.05) is 31.2 Å². The maximum atomic E-state index is 14.8. The van der Waals surface area contributed by atoms with E-state index in [9.17, 15) is 74.3 Å². The van der Waals surface area contributed by atoms with E-state index in [1.807, 2.05) is 26.6 Å². The summed E-state index contributed by atoms with van der Waals surface area (Å²) in [6.45, 7) is 4.00. The Morgan fingerprint density at radius 1 is 0.575 bits per heavy atom. The van der Waals surface area contributed by atoms with Gasteiger partial charge in [0.1, 0.15) is 30.0 Å². The summed E-state index contributed by atoms with van der Waals surface area (Å²) >= 11 is 0.917. The van der Waals surface area contributed by atoms with Gasteiger partial charge in [0.15, 0.2) is 23.3 Å². The van der Waals surface area contributed by atoms with Crippen molar-refractivity contribution in [1.82, 2.24) is 37.2 Å². The van der Waals surface area contributed by atoms with Crippen LogP contribution in [0.4, 0.5) is 26.3 Å². The predicted octanol–water partition coefficient (Wildman–Crippen LogP) is 0.531. The Bertz CT molecular complexity index is 2180. The molecule has 0 heterocycles. The number of nitrogens with one attached hydrogen (secondary N) is 7. The summed E-state index contributed by atoms with van der Waals surface area (Å²) in [5.41, 5.74) is 8.33. The zero-order valence-corrected chi connectivity index (χ0v) is 42.2. The number of primary amides is 1. The standard InChI is InChI=1S/C38H44F6N8O12.C4H11N.C3H8Se/c1-2-3-8-24(53)49-20(9-10-28(57)58)36(62)47-14-25(54)46-15-26(55)51-23(12-18-30(40)32(42)34(44)33(43)31(18)41)38(64)52-22(11-17-6-4-5-7-19(17)39)37(63)48-16-27(56)50-21(35(45)61)13-29(59)60;1-2-3-4-5;1-3-4-2/h4-7,20-23H,2-3,8-16H2,1H3,(H2,45,61)(H,46,54)(H,47,62)(H,48,63)(H,49,53)(H,50,56)(H,51,55)(H,52,64)(H,57,58)(H,59,60);2-5H2,1H3;3H2,1-2H3/t20-,21-,22?,23-;;/m0../s1. The van der Waals surface area contributed by atoms with Gasteiger partial charge in [-0.2, -0.15) is 0 Å². The second kappa shape index (κ2) is 36.2. The van der Waals surface area contributed by atoms with Gasteiger partial charge in [-0.25, -0.2) is 26.3 Å². The van der Waals surface area contributed by atoms with Crippen molar-refractivity contribution in [3.8, 4) is 0 Å². The number of unbranched alkanes of at least 4 members (excludes halogenated alkanes) is 2. The van der Waals surface area contributed by atoms with Crippen molar-refractivity contribution < 1.29 is 84.5 Å². The molecule has 0 aliphatic rings. The zero-order valence-electron chi connectivity index (χ0n) is 40.5. The van der Waals surface area contributed by atoms with E-state index in [1.165, 1.54) is 30.3 Å². The number of aliphatic carboxylic acids is 2. The molecule has 0 saturated carbocycles.